The summed E-state index contributed by atoms with van der Waals surface area (Å²) < 4.78 is 30.1. The first kappa shape index (κ1) is 22.9. The Morgan fingerprint density at radius 1 is 1.23 bits per heavy atom. The summed E-state index contributed by atoms with van der Waals surface area (Å²) >= 11 is 0. The van der Waals surface area contributed by atoms with Gasteiger partial charge in [0.25, 0.3) is 5.91 Å². The maximum absolute atomic E-state index is 12.4. The van der Waals surface area contributed by atoms with Crippen molar-refractivity contribution in [2.24, 2.45) is 0 Å². The third-order valence-corrected chi connectivity index (χ3v) is 6.81. The van der Waals surface area contributed by atoms with Crippen molar-refractivity contribution in [3.63, 3.8) is 0 Å². The normalized spacial score (nSPS) is 16.5. The number of carbonyl (C=O) groups excluding carboxylic acids is 1. The van der Waals surface area contributed by atoms with E-state index >= 15 is 0 Å². The Hall–Kier alpha value is -2.74. The average Bonchev–Trinajstić information content (AvgIpc) is 3.05. The van der Waals surface area contributed by atoms with Crippen molar-refractivity contribution < 1.29 is 17.9 Å². The quantitative estimate of drug-likeness (QED) is 0.601. The van der Waals surface area contributed by atoms with Gasteiger partial charge in [0.05, 0.1) is 11.9 Å². The fourth-order valence-electron chi connectivity index (χ4n) is 3.76. The van der Waals surface area contributed by atoms with Gasteiger partial charge < -0.3 is 15.0 Å². The number of benzene rings is 2. The average molecular weight is 446 g/mol. The third kappa shape index (κ3) is 5.70. The summed E-state index contributed by atoms with van der Waals surface area (Å²) in [6, 6.07) is 15.6. The number of nitrogens with one attached hydrogen (secondary N) is 1. The van der Waals surface area contributed by atoms with E-state index in [9.17, 15) is 13.2 Å². The van der Waals surface area contributed by atoms with E-state index in [-0.39, 0.29) is 5.91 Å². The number of amides is 1. The molecule has 1 aliphatic heterocycles. The minimum atomic E-state index is -3.32. The highest BCUT2D eigenvalue weighted by atomic mass is 32.2. The van der Waals surface area contributed by atoms with Crippen LogP contribution < -0.4 is 19.3 Å². The minimum absolute atomic E-state index is 0.174. The van der Waals surface area contributed by atoms with Gasteiger partial charge in [-0.15, -0.1) is 0 Å². The maximum atomic E-state index is 12.4. The van der Waals surface area contributed by atoms with Crippen molar-refractivity contribution in [3.05, 3.63) is 54.1 Å². The van der Waals surface area contributed by atoms with E-state index < -0.39 is 16.1 Å². The van der Waals surface area contributed by atoms with Gasteiger partial charge in [-0.3, -0.25) is 9.10 Å². The van der Waals surface area contributed by atoms with Gasteiger partial charge in [-0.1, -0.05) is 18.2 Å². The van der Waals surface area contributed by atoms with Crippen LogP contribution in [-0.4, -0.2) is 52.9 Å². The molecular formula is C23H31N3O4S. The van der Waals surface area contributed by atoms with Crippen LogP contribution in [0.4, 0.5) is 11.4 Å². The van der Waals surface area contributed by atoms with Gasteiger partial charge >= 0.3 is 0 Å². The Labute approximate surface area is 185 Å². The lowest BCUT2D eigenvalue weighted by Gasteiger charge is -2.25. The van der Waals surface area contributed by atoms with Crippen LogP contribution in [-0.2, 0) is 21.2 Å². The van der Waals surface area contributed by atoms with Crippen molar-refractivity contribution in [2.75, 3.05) is 35.6 Å². The van der Waals surface area contributed by atoms with Crippen LogP contribution in [0, 0.1) is 0 Å². The summed E-state index contributed by atoms with van der Waals surface area (Å²) in [5.41, 5.74) is 3.21. The molecule has 0 fully saturated rings. The minimum Gasteiger partial charge on any atom is -0.481 e. The highest BCUT2D eigenvalue weighted by Gasteiger charge is 2.24. The number of hydrogen-bond acceptors (Lipinski definition) is 5. The molecule has 2 atom stereocenters. The van der Waals surface area contributed by atoms with Crippen LogP contribution in [0.2, 0.25) is 0 Å². The van der Waals surface area contributed by atoms with E-state index in [1.165, 1.54) is 22.6 Å². The van der Waals surface area contributed by atoms with E-state index in [1.54, 1.807) is 31.2 Å². The number of para-hydroxylation sites is 1. The van der Waals surface area contributed by atoms with Gasteiger partial charge in [-0.05, 0) is 62.6 Å². The molecule has 0 aliphatic carbocycles. The van der Waals surface area contributed by atoms with Gasteiger partial charge in [0.2, 0.25) is 10.0 Å². The topological polar surface area (TPSA) is 78.9 Å². The Bertz CT molecular complexity index is 1010. The van der Waals surface area contributed by atoms with Crippen molar-refractivity contribution in [1.82, 2.24) is 5.32 Å². The molecule has 0 unspecified atom stereocenters. The summed E-state index contributed by atoms with van der Waals surface area (Å²) in [6.45, 7) is 5.40. The van der Waals surface area contributed by atoms with Gasteiger partial charge in [-0.2, -0.15) is 0 Å². The molecule has 0 saturated heterocycles. The van der Waals surface area contributed by atoms with E-state index in [4.69, 9.17) is 4.74 Å². The van der Waals surface area contributed by atoms with Crippen LogP contribution in [0.3, 0.4) is 0 Å². The van der Waals surface area contributed by atoms with E-state index in [1.807, 2.05) is 0 Å². The molecule has 7 nitrogen and oxygen atoms in total. The lowest BCUT2D eigenvalue weighted by Crippen LogP contribution is -2.38. The van der Waals surface area contributed by atoms with E-state index in [0.29, 0.717) is 24.0 Å². The summed E-state index contributed by atoms with van der Waals surface area (Å²) in [5.74, 6) is 0.336. The molecule has 1 amide bonds. The Kier molecular flexibility index (Phi) is 7.10. The summed E-state index contributed by atoms with van der Waals surface area (Å²) in [6.07, 6.45) is 2.41. The smallest absolute Gasteiger partial charge is 0.260 e. The van der Waals surface area contributed by atoms with Crippen molar-refractivity contribution >= 4 is 27.3 Å². The van der Waals surface area contributed by atoms with Crippen molar-refractivity contribution in [3.8, 4) is 5.75 Å². The zero-order valence-electron chi connectivity index (χ0n) is 18.5. The molecule has 0 bridgehead atoms. The Morgan fingerprint density at radius 2 is 1.90 bits per heavy atom. The molecule has 168 valence electrons. The number of rotatable bonds is 9. The number of fused-ring (bicyclic) bond motifs is 1. The molecule has 2 aromatic rings. The zero-order valence-corrected chi connectivity index (χ0v) is 19.4. The third-order valence-electron chi connectivity index (χ3n) is 5.60. The number of carbonyl (C=O) groups is 1. The highest BCUT2D eigenvalue weighted by Crippen LogP contribution is 2.31. The molecule has 1 heterocycles. The van der Waals surface area contributed by atoms with Crippen LogP contribution in [0.5, 0.6) is 5.75 Å². The predicted molar refractivity (Wildman–Crippen MR) is 124 cm³/mol. The predicted octanol–water partition coefficient (Wildman–Crippen LogP) is 2.81. The molecule has 0 saturated carbocycles. The van der Waals surface area contributed by atoms with Gasteiger partial charge in [0, 0.05) is 31.9 Å². The SMILES string of the molecule is C[C@H](Oc1ccc(N(C)S(C)(=O)=O)cc1)C(=O)NCCCN1c2ccccc2C[C@@H]1C. The molecular weight excluding hydrogens is 414 g/mol. The molecule has 31 heavy (non-hydrogen) atoms. The maximum Gasteiger partial charge on any atom is 0.260 e. The van der Waals surface area contributed by atoms with Gasteiger partial charge in [0.15, 0.2) is 6.10 Å². The van der Waals surface area contributed by atoms with Crippen LogP contribution in [0.25, 0.3) is 0 Å². The number of anilines is 2. The van der Waals surface area contributed by atoms with Crippen molar-refractivity contribution in [1.29, 1.82) is 0 Å². The molecule has 8 heteroatoms. The summed E-state index contributed by atoms with van der Waals surface area (Å²) in [7, 11) is -1.83. The molecule has 1 N–H and O–H groups in total. The summed E-state index contributed by atoms with van der Waals surface area (Å²) in [4.78, 5) is 14.8. The first-order valence-electron chi connectivity index (χ1n) is 10.5. The van der Waals surface area contributed by atoms with E-state index in [2.05, 4.69) is 41.4 Å². The molecule has 1 aliphatic rings. The molecule has 0 radical (unpaired) electrons. The highest BCUT2D eigenvalue weighted by molar-refractivity contribution is 7.92. The van der Waals surface area contributed by atoms with Crippen LogP contribution >= 0.6 is 0 Å². The second-order valence-electron chi connectivity index (χ2n) is 8.00. The standard InChI is InChI=1S/C23H31N3O4S/c1-17-16-19-8-5-6-9-22(19)26(17)15-7-14-24-23(27)18(2)30-21-12-10-20(11-13-21)25(3)31(4,28)29/h5-6,8-13,17-18H,7,14-16H2,1-4H3,(H,24,27)/t17-,18-/m0/s1. The van der Waals surface area contributed by atoms with Gasteiger partial charge in [-0.25, -0.2) is 8.42 Å². The number of ether oxygens (including phenoxy) is 1. The fourth-order valence-corrected chi connectivity index (χ4v) is 4.26. The second-order valence-corrected chi connectivity index (χ2v) is 10.0. The monoisotopic (exact) mass is 445 g/mol. The zero-order chi connectivity index (χ0) is 22.6. The van der Waals surface area contributed by atoms with E-state index in [0.717, 1.165) is 25.6 Å². The molecule has 3 rings (SSSR count). The number of sulfonamides is 1. The first-order valence-corrected chi connectivity index (χ1v) is 12.3. The molecule has 2 aromatic carbocycles. The van der Waals surface area contributed by atoms with Gasteiger partial charge in [0.1, 0.15) is 5.75 Å². The molecule has 0 spiro atoms. The van der Waals surface area contributed by atoms with Crippen LogP contribution in [0.1, 0.15) is 25.8 Å². The first-order chi connectivity index (χ1) is 14.7. The Balaban J connectivity index is 1.44. The van der Waals surface area contributed by atoms with Crippen LogP contribution in [0.15, 0.2) is 48.5 Å². The molecule has 0 aromatic heterocycles. The number of hydrogen-bond donors (Lipinski definition) is 1. The lowest BCUT2D eigenvalue weighted by molar-refractivity contribution is -0.127. The van der Waals surface area contributed by atoms with Crippen molar-refractivity contribution in [2.45, 2.75) is 38.8 Å². The summed E-state index contributed by atoms with van der Waals surface area (Å²) in [5, 5.41) is 2.94. The Morgan fingerprint density at radius 3 is 2.58 bits per heavy atom. The second kappa shape index (κ2) is 9.60. The largest absolute Gasteiger partial charge is 0.481 e. The lowest BCUT2D eigenvalue weighted by atomic mass is 10.1. The fraction of sp³-hybridized carbons (Fsp3) is 0.435. The number of nitrogens with zero attached hydrogens (tertiary/aromatic N) is 2.